The third-order valence-corrected chi connectivity index (χ3v) is 4.33. The normalized spacial score (nSPS) is 16.2. The smallest absolute Gasteiger partial charge is 0.269 e. The van der Waals surface area contributed by atoms with Crippen molar-refractivity contribution in [3.05, 3.63) is 69.5 Å². The number of piperazine rings is 1. The van der Waals surface area contributed by atoms with Crippen LogP contribution >= 0.6 is 0 Å². The van der Waals surface area contributed by atoms with Crippen molar-refractivity contribution >= 4 is 5.69 Å². The Bertz CT molecular complexity index is 712. The summed E-state index contributed by atoms with van der Waals surface area (Å²) >= 11 is 0. The van der Waals surface area contributed by atoms with Crippen LogP contribution in [0.3, 0.4) is 0 Å². The van der Waals surface area contributed by atoms with Crippen molar-refractivity contribution in [1.29, 1.82) is 0 Å². The summed E-state index contributed by atoms with van der Waals surface area (Å²) in [6.45, 7) is 7.71. The van der Waals surface area contributed by atoms with Crippen molar-refractivity contribution in [1.82, 2.24) is 14.8 Å². The fourth-order valence-electron chi connectivity index (χ4n) is 3.09. The lowest BCUT2D eigenvalue weighted by Crippen LogP contribution is -2.45. The van der Waals surface area contributed by atoms with E-state index in [1.54, 1.807) is 12.1 Å². The molecule has 1 aliphatic heterocycles. The maximum absolute atomic E-state index is 10.9. The van der Waals surface area contributed by atoms with E-state index in [-0.39, 0.29) is 10.6 Å². The molecule has 1 saturated heterocycles. The zero-order chi connectivity index (χ0) is 16.9. The van der Waals surface area contributed by atoms with E-state index in [9.17, 15) is 10.1 Å². The molecule has 0 bridgehead atoms. The molecule has 1 aromatic carbocycles. The fourth-order valence-corrected chi connectivity index (χ4v) is 3.09. The van der Waals surface area contributed by atoms with Crippen LogP contribution in [0, 0.1) is 17.0 Å². The summed E-state index contributed by atoms with van der Waals surface area (Å²) < 4.78 is 0. The van der Waals surface area contributed by atoms with Gasteiger partial charge in [-0.3, -0.25) is 24.9 Å². The highest BCUT2D eigenvalue weighted by molar-refractivity contribution is 5.34. The van der Waals surface area contributed by atoms with E-state index in [1.165, 1.54) is 17.2 Å². The van der Waals surface area contributed by atoms with Gasteiger partial charge in [0.15, 0.2) is 0 Å². The van der Waals surface area contributed by atoms with Crippen molar-refractivity contribution in [3.63, 3.8) is 0 Å². The molecule has 0 spiro atoms. The van der Waals surface area contributed by atoms with Gasteiger partial charge in [-0.2, -0.15) is 0 Å². The highest BCUT2D eigenvalue weighted by Crippen LogP contribution is 2.16. The number of benzene rings is 1. The predicted molar refractivity (Wildman–Crippen MR) is 92.6 cm³/mol. The van der Waals surface area contributed by atoms with Crippen LogP contribution in [0.1, 0.15) is 16.7 Å². The van der Waals surface area contributed by atoms with Gasteiger partial charge in [0.2, 0.25) is 0 Å². The van der Waals surface area contributed by atoms with E-state index >= 15 is 0 Å². The van der Waals surface area contributed by atoms with Gasteiger partial charge in [0.1, 0.15) is 0 Å². The summed E-state index contributed by atoms with van der Waals surface area (Å²) in [4.78, 5) is 19.6. The summed E-state index contributed by atoms with van der Waals surface area (Å²) in [7, 11) is 0. The molecule has 6 heteroatoms. The molecule has 0 aliphatic carbocycles. The van der Waals surface area contributed by atoms with Crippen LogP contribution in [-0.2, 0) is 13.1 Å². The van der Waals surface area contributed by atoms with Crippen LogP contribution < -0.4 is 0 Å². The summed E-state index contributed by atoms with van der Waals surface area (Å²) in [5, 5.41) is 10.9. The molecule has 126 valence electrons. The quantitative estimate of drug-likeness (QED) is 0.624. The third kappa shape index (κ3) is 4.37. The van der Waals surface area contributed by atoms with Crippen LogP contribution in [-0.4, -0.2) is 45.9 Å². The largest absolute Gasteiger partial charge is 0.297 e. The molecule has 1 aliphatic rings. The number of aryl methyl sites for hydroxylation is 1. The zero-order valence-corrected chi connectivity index (χ0v) is 13.9. The molecular weight excluding hydrogens is 304 g/mol. The number of nitrogens with zero attached hydrogens (tertiary/aromatic N) is 4. The maximum atomic E-state index is 10.9. The Balaban J connectivity index is 1.52. The van der Waals surface area contributed by atoms with Crippen molar-refractivity contribution in [2.45, 2.75) is 20.0 Å². The Hall–Kier alpha value is -2.31. The van der Waals surface area contributed by atoms with E-state index in [1.807, 2.05) is 18.5 Å². The van der Waals surface area contributed by atoms with Crippen LogP contribution in [0.2, 0.25) is 0 Å². The van der Waals surface area contributed by atoms with Gasteiger partial charge in [0, 0.05) is 63.8 Å². The first-order valence-corrected chi connectivity index (χ1v) is 8.19. The average molecular weight is 326 g/mol. The highest BCUT2D eigenvalue weighted by atomic mass is 16.6. The van der Waals surface area contributed by atoms with Crippen LogP contribution in [0.25, 0.3) is 0 Å². The second-order valence-corrected chi connectivity index (χ2v) is 6.35. The van der Waals surface area contributed by atoms with Crippen molar-refractivity contribution in [3.8, 4) is 0 Å². The van der Waals surface area contributed by atoms with E-state index in [0.29, 0.717) is 0 Å². The minimum atomic E-state index is -0.336. The topological polar surface area (TPSA) is 62.5 Å². The van der Waals surface area contributed by atoms with Gasteiger partial charge in [0.05, 0.1) is 4.92 Å². The van der Waals surface area contributed by atoms with Crippen LogP contribution in [0.15, 0.2) is 42.7 Å². The number of hydrogen-bond donors (Lipinski definition) is 0. The van der Waals surface area contributed by atoms with E-state index < -0.39 is 0 Å². The molecule has 2 heterocycles. The Kier molecular flexibility index (Phi) is 5.17. The number of hydrogen-bond acceptors (Lipinski definition) is 5. The number of nitro benzene ring substituents is 1. The lowest BCUT2D eigenvalue weighted by atomic mass is 10.1. The molecule has 0 saturated carbocycles. The van der Waals surface area contributed by atoms with Gasteiger partial charge in [-0.25, -0.2) is 0 Å². The molecule has 0 N–H and O–H groups in total. The lowest BCUT2D eigenvalue weighted by Gasteiger charge is -2.34. The molecule has 0 unspecified atom stereocenters. The van der Waals surface area contributed by atoms with E-state index in [4.69, 9.17) is 0 Å². The van der Waals surface area contributed by atoms with Gasteiger partial charge >= 0.3 is 0 Å². The molecule has 0 radical (unpaired) electrons. The number of rotatable bonds is 5. The second-order valence-electron chi connectivity index (χ2n) is 6.35. The van der Waals surface area contributed by atoms with Crippen molar-refractivity contribution in [2.24, 2.45) is 0 Å². The predicted octanol–water partition coefficient (Wildman–Crippen LogP) is 2.62. The first-order chi connectivity index (χ1) is 11.6. The average Bonchev–Trinajstić information content (AvgIpc) is 2.57. The molecule has 6 nitrogen and oxygen atoms in total. The number of non-ortho nitro benzene ring substituents is 1. The fraction of sp³-hybridized carbons (Fsp3) is 0.389. The summed E-state index contributed by atoms with van der Waals surface area (Å²) in [6, 6.07) is 9.11. The monoisotopic (exact) mass is 326 g/mol. The van der Waals surface area contributed by atoms with Gasteiger partial charge in [-0.1, -0.05) is 18.2 Å². The Morgan fingerprint density at radius 1 is 1.04 bits per heavy atom. The Morgan fingerprint density at radius 3 is 2.33 bits per heavy atom. The standard InChI is InChI=1S/C18H22N4O2/c1-15-9-17(12-19-11-15)14-21-7-5-20(6-8-21)13-16-3-2-4-18(10-16)22(23)24/h2-4,9-12H,5-8,13-14H2,1H3. The van der Waals surface area contributed by atoms with Gasteiger partial charge < -0.3 is 0 Å². The van der Waals surface area contributed by atoms with Crippen molar-refractivity contribution in [2.75, 3.05) is 26.2 Å². The Labute approximate surface area is 141 Å². The third-order valence-electron chi connectivity index (χ3n) is 4.33. The first kappa shape index (κ1) is 16.5. The summed E-state index contributed by atoms with van der Waals surface area (Å²) in [5.74, 6) is 0. The lowest BCUT2D eigenvalue weighted by molar-refractivity contribution is -0.384. The Morgan fingerprint density at radius 2 is 1.71 bits per heavy atom. The van der Waals surface area contributed by atoms with Crippen molar-refractivity contribution < 1.29 is 4.92 Å². The molecule has 0 atom stereocenters. The maximum Gasteiger partial charge on any atom is 0.269 e. The minimum absolute atomic E-state index is 0.165. The van der Waals surface area contributed by atoms with E-state index in [0.717, 1.165) is 44.8 Å². The highest BCUT2D eigenvalue weighted by Gasteiger charge is 2.18. The molecule has 1 fully saturated rings. The zero-order valence-electron chi connectivity index (χ0n) is 13.9. The summed E-state index contributed by atoms with van der Waals surface area (Å²) in [5.41, 5.74) is 3.61. The van der Waals surface area contributed by atoms with Gasteiger partial charge in [-0.15, -0.1) is 0 Å². The second kappa shape index (κ2) is 7.51. The number of pyridine rings is 1. The number of nitro groups is 1. The molecular formula is C18H22N4O2. The van der Waals surface area contributed by atoms with Crippen LogP contribution in [0.5, 0.6) is 0 Å². The van der Waals surface area contributed by atoms with Gasteiger partial charge in [-0.05, 0) is 23.6 Å². The summed E-state index contributed by atoms with van der Waals surface area (Å²) in [6.07, 6.45) is 3.81. The van der Waals surface area contributed by atoms with Gasteiger partial charge in [0.25, 0.3) is 5.69 Å². The first-order valence-electron chi connectivity index (χ1n) is 8.19. The number of aromatic nitrogens is 1. The molecule has 24 heavy (non-hydrogen) atoms. The SMILES string of the molecule is Cc1cncc(CN2CCN(Cc3cccc([N+](=O)[O-])c3)CC2)c1. The minimum Gasteiger partial charge on any atom is -0.297 e. The molecule has 3 rings (SSSR count). The van der Waals surface area contributed by atoms with E-state index in [2.05, 4.69) is 27.8 Å². The molecule has 2 aromatic rings. The molecule has 0 amide bonds. The molecule has 1 aromatic heterocycles. The van der Waals surface area contributed by atoms with Crippen LogP contribution in [0.4, 0.5) is 5.69 Å².